The number of Topliss-reactive ketones (excluding diaryl/α,β-unsaturated/α-hetero) is 1. The molecule has 0 amide bonds. The highest BCUT2D eigenvalue weighted by Crippen LogP contribution is 2.16. The maximum Gasteiger partial charge on any atom is 0.341 e. The van der Waals surface area contributed by atoms with E-state index in [-0.39, 0.29) is 5.78 Å². The van der Waals surface area contributed by atoms with Gasteiger partial charge in [-0.15, -0.1) is 0 Å². The van der Waals surface area contributed by atoms with Gasteiger partial charge in [0, 0.05) is 12.0 Å². The van der Waals surface area contributed by atoms with Crippen LogP contribution in [-0.4, -0.2) is 23.5 Å². The topological polar surface area (TPSA) is 63.6 Å². The zero-order chi connectivity index (χ0) is 14.8. The molecule has 1 aromatic rings. The second-order valence-corrected chi connectivity index (χ2v) is 4.80. The van der Waals surface area contributed by atoms with E-state index >= 15 is 0 Å². The van der Waals surface area contributed by atoms with Crippen molar-refractivity contribution in [3.05, 3.63) is 29.8 Å². The van der Waals surface area contributed by atoms with Crippen LogP contribution in [0.3, 0.4) is 0 Å². The summed E-state index contributed by atoms with van der Waals surface area (Å²) >= 11 is 0. The Morgan fingerprint density at radius 1 is 1.15 bits per heavy atom. The number of unbranched alkanes of at least 4 members (excludes halogenated alkanes) is 4. The summed E-state index contributed by atoms with van der Waals surface area (Å²) in [6, 6.07) is 6.71. The molecule has 0 radical (unpaired) electrons. The third-order valence-corrected chi connectivity index (χ3v) is 3.03. The van der Waals surface area contributed by atoms with Crippen molar-refractivity contribution in [1.29, 1.82) is 0 Å². The summed E-state index contributed by atoms with van der Waals surface area (Å²) in [5.74, 6) is -0.524. The van der Waals surface area contributed by atoms with E-state index in [0.29, 0.717) is 17.7 Å². The van der Waals surface area contributed by atoms with Crippen LogP contribution in [0.4, 0.5) is 0 Å². The van der Waals surface area contributed by atoms with Crippen molar-refractivity contribution >= 4 is 11.8 Å². The number of benzene rings is 1. The number of carboxylic acid groups (broad SMARTS) is 1. The lowest BCUT2D eigenvalue weighted by molar-refractivity contribution is -0.139. The highest BCUT2D eigenvalue weighted by molar-refractivity contribution is 5.96. The molecule has 1 N–H and O–H groups in total. The molecular weight excluding hydrogens is 256 g/mol. The minimum Gasteiger partial charge on any atom is -0.482 e. The van der Waals surface area contributed by atoms with E-state index in [1.54, 1.807) is 24.3 Å². The van der Waals surface area contributed by atoms with Crippen LogP contribution in [0.25, 0.3) is 0 Å². The molecule has 0 aliphatic carbocycles. The molecule has 0 aliphatic heterocycles. The molecule has 0 aromatic heterocycles. The molecule has 0 spiro atoms. The molecule has 4 heteroatoms. The molecule has 0 aliphatic rings. The lowest BCUT2D eigenvalue weighted by Gasteiger charge is -2.06. The van der Waals surface area contributed by atoms with Crippen LogP contribution in [0.15, 0.2) is 24.3 Å². The van der Waals surface area contributed by atoms with Gasteiger partial charge >= 0.3 is 5.97 Å². The Bertz CT molecular complexity index is 440. The van der Waals surface area contributed by atoms with Gasteiger partial charge in [-0.1, -0.05) is 44.7 Å². The summed E-state index contributed by atoms with van der Waals surface area (Å²) in [5, 5.41) is 8.55. The zero-order valence-corrected chi connectivity index (χ0v) is 11.9. The fraction of sp³-hybridized carbons (Fsp3) is 0.500. The van der Waals surface area contributed by atoms with Crippen LogP contribution < -0.4 is 4.74 Å². The molecule has 20 heavy (non-hydrogen) atoms. The molecule has 0 saturated heterocycles. The Hall–Kier alpha value is -1.84. The number of aliphatic carboxylic acids is 1. The van der Waals surface area contributed by atoms with Gasteiger partial charge in [0.05, 0.1) is 0 Å². The fourth-order valence-electron chi connectivity index (χ4n) is 1.94. The van der Waals surface area contributed by atoms with Crippen LogP contribution in [0.1, 0.15) is 55.8 Å². The zero-order valence-electron chi connectivity index (χ0n) is 11.9. The van der Waals surface area contributed by atoms with Gasteiger partial charge in [-0.05, 0) is 18.6 Å². The number of rotatable bonds is 10. The first-order valence-electron chi connectivity index (χ1n) is 7.11. The van der Waals surface area contributed by atoms with Gasteiger partial charge in [-0.25, -0.2) is 4.79 Å². The van der Waals surface area contributed by atoms with E-state index in [1.807, 2.05) is 0 Å². The van der Waals surface area contributed by atoms with E-state index in [1.165, 1.54) is 19.3 Å². The third kappa shape index (κ3) is 6.36. The highest BCUT2D eigenvalue weighted by atomic mass is 16.5. The van der Waals surface area contributed by atoms with Gasteiger partial charge in [0.1, 0.15) is 5.75 Å². The first kappa shape index (κ1) is 16.2. The Morgan fingerprint density at radius 3 is 2.60 bits per heavy atom. The second-order valence-electron chi connectivity index (χ2n) is 4.80. The molecule has 0 atom stereocenters. The maximum atomic E-state index is 12.0. The predicted octanol–water partition coefficient (Wildman–Crippen LogP) is 3.69. The minimum absolute atomic E-state index is 0.0854. The van der Waals surface area contributed by atoms with E-state index in [2.05, 4.69) is 6.92 Å². The Morgan fingerprint density at radius 2 is 1.90 bits per heavy atom. The lowest BCUT2D eigenvalue weighted by atomic mass is 10.0. The number of ether oxygens (including phenoxy) is 1. The first-order valence-corrected chi connectivity index (χ1v) is 7.11. The molecular formula is C16H22O4. The Labute approximate surface area is 119 Å². The highest BCUT2D eigenvalue weighted by Gasteiger charge is 2.07. The van der Waals surface area contributed by atoms with Gasteiger partial charge < -0.3 is 9.84 Å². The summed E-state index contributed by atoms with van der Waals surface area (Å²) in [6.07, 6.45) is 6.09. The molecule has 4 nitrogen and oxygen atoms in total. The van der Waals surface area contributed by atoms with Crippen molar-refractivity contribution in [3.8, 4) is 5.75 Å². The molecule has 110 valence electrons. The summed E-state index contributed by atoms with van der Waals surface area (Å²) in [5.41, 5.74) is 0.586. The molecule has 1 aromatic carbocycles. The van der Waals surface area contributed by atoms with Gasteiger partial charge in [0.15, 0.2) is 12.4 Å². The standard InChI is InChI=1S/C16H22O4/c1-2-3-4-5-6-10-15(17)13-8-7-9-14(11-13)20-12-16(18)19/h7-9,11H,2-6,10,12H2,1H3,(H,18,19). The largest absolute Gasteiger partial charge is 0.482 e. The van der Waals surface area contributed by atoms with E-state index in [0.717, 1.165) is 12.8 Å². The van der Waals surface area contributed by atoms with Crippen molar-refractivity contribution < 1.29 is 19.4 Å². The molecule has 1 rings (SSSR count). The number of ketones is 1. The molecule has 0 unspecified atom stereocenters. The lowest BCUT2D eigenvalue weighted by Crippen LogP contribution is -2.09. The van der Waals surface area contributed by atoms with Crippen molar-refractivity contribution in [2.24, 2.45) is 0 Å². The summed E-state index contributed by atoms with van der Waals surface area (Å²) in [4.78, 5) is 22.4. The van der Waals surface area contributed by atoms with Crippen LogP contribution in [0.5, 0.6) is 5.75 Å². The van der Waals surface area contributed by atoms with Crippen molar-refractivity contribution in [1.82, 2.24) is 0 Å². The summed E-state index contributed by atoms with van der Waals surface area (Å²) in [7, 11) is 0. The first-order chi connectivity index (χ1) is 9.63. The van der Waals surface area contributed by atoms with Gasteiger partial charge in [0.25, 0.3) is 0 Å². The van der Waals surface area contributed by atoms with Gasteiger partial charge in [-0.3, -0.25) is 4.79 Å². The Kier molecular flexibility index (Phi) is 7.40. The quantitative estimate of drug-likeness (QED) is 0.523. The Balaban J connectivity index is 2.43. The van der Waals surface area contributed by atoms with Crippen molar-refractivity contribution in [3.63, 3.8) is 0 Å². The molecule has 0 heterocycles. The van der Waals surface area contributed by atoms with E-state index in [4.69, 9.17) is 9.84 Å². The van der Waals surface area contributed by atoms with Crippen LogP contribution in [0.2, 0.25) is 0 Å². The number of carbonyl (C=O) groups is 2. The average Bonchev–Trinajstić information content (AvgIpc) is 2.45. The van der Waals surface area contributed by atoms with Gasteiger partial charge in [0.2, 0.25) is 0 Å². The van der Waals surface area contributed by atoms with Crippen molar-refractivity contribution in [2.45, 2.75) is 45.4 Å². The normalized spacial score (nSPS) is 10.2. The van der Waals surface area contributed by atoms with Gasteiger partial charge in [-0.2, -0.15) is 0 Å². The SMILES string of the molecule is CCCCCCCC(=O)c1cccc(OCC(=O)O)c1. The smallest absolute Gasteiger partial charge is 0.341 e. The number of hydrogen-bond donors (Lipinski definition) is 1. The van der Waals surface area contributed by atoms with Crippen LogP contribution >= 0.6 is 0 Å². The summed E-state index contributed by atoms with van der Waals surface area (Å²) < 4.78 is 5.06. The van der Waals surface area contributed by atoms with Crippen molar-refractivity contribution in [2.75, 3.05) is 6.61 Å². The third-order valence-electron chi connectivity index (χ3n) is 3.03. The number of hydrogen-bond acceptors (Lipinski definition) is 3. The fourth-order valence-corrected chi connectivity index (χ4v) is 1.94. The predicted molar refractivity (Wildman–Crippen MR) is 77.3 cm³/mol. The number of carbonyl (C=O) groups excluding carboxylic acids is 1. The maximum absolute atomic E-state index is 12.0. The number of carboxylic acids is 1. The second kappa shape index (κ2) is 9.13. The average molecular weight is 278 g/mol. The molecule has 0 bridgehead atoms. The summed E-state index contributed by atoms with van der Waals surface area (Å²) in [6.45, 7) is 1.77. The molecule has 0 saturated carbocycles. The monoisotopic (exact) mass is 278 g/mol. The van der Waals surface area contributed by atoms with E-state index < -0.39 is 12.6 Å². The minimum atomic E-state index is -1.03. The van der Waals surface area contributed by atoms with Crippen LogP contribution in [-0.2, 0) is 4.79 Å². The molecule has 0 fully saturated rings. The van der Waals surface area contributed by atoms with Crippen LogP contribution in [0, 0.1) is 0 Å². The van der Waals surface area contributed by atoms with E-state index in [9.17, 15) is 9.59 Å².